The lowest BCUT2D eigenvalue weighted by Crippen LogP contribution is -2.39. The second kappa shape index (κ2) is 11.6. The summed E-state index contributed by atoms with van der Waals surface area (Å²) in [6.07, 6.45) is 6.05. The minimum atomic E-state index is 0.319. The molecule has 144 valence electrons. The van der Waals surface area contributed by atoms with Gasteiger partial charge in [-0.25, -0.2) is 4.99 Å². The van der Waals surface area contributed by atoms with Gasteiger partial charge in [-0.2, -0.15) is 0 Å². The quantitative estimate of drug-likeness (QED) is 0.426. The van der Waals surface area contributed by atoms with Gasteiger partial charge in [0.15, 0.2) is 5.96 Å². The van der Waals surface area contributed by atoms with E-state index < -0.39 is 0 Å². The van der Waals surface area contributed by atoms with Gasteiger partial charge in [0.1, 0.15) is 0 Å². The fraction of sp³-hybridized carbons (Fsp3) is 0.619. The number of guanidine groups is 1. The van der Waals surface area contributed by atoms with E-state index in [9.17, 15) is 4.79 Å². The van der Waals surface area contributed by atoms with Crippen molar-refractivity contribution in [3.8, 4) is 0 Å². The van der Waals surface area contributed by atoms with E-state index in [1.54, 1.807) is 0 Å². The highest BCUT2D eigenvalue weighted by Crippen LogP contribution is 2.11. The summed E-state index contributed by atoms with van der Waals surface area (Å²) < 4.78 is 0. The van der Waals surface area contributed by atoms with Gasteiger partial charge in [-0.15, -0.1) is 0 Å². The van der Waals surface area contributed by atoms with Crippen LogP contribution in [0.5, 0.6) is 0 Å². The Morgan fingerprint density at radius 3 is 2.69 bits per heavy atom. The van der Waals surface area contributed by atoms with Gasteiger partial charge in [0.25, 0.3) is 0 Å². The van der Waals surface area contributed by atoms with Crippen LogP contribution in [-0.2, 0) is 17.8 Å². The van der Waals surface area contributed by atoms with Crippen LogP contribution in [-0.4, -0.2) is 42.9 Å². The predicted molar refractivity (Wildman–Crippen MR) is 108 cm³/mol. The molecule has 1 fully saturated rings. The Labute approximate surface area is 158 Å². The Balaban J connectivity index is 1.80. The summed E-state index contributed by atoms with van der Waals surface area (Å²) in [6, 6.07) is 8.47. The highest BCUT2D eigenvalue weighted by atomic mass is 16.2. The van der Waals surface area contributed by atoms with Crippen LogP contribution in [0, 0.1) is 0 Å². The SMILES string of the molecule is CCNC(=NCc1ccccc1CC)NCCCN1CCCCCC1=O. The van der Waals surface area contributed by atoms with Crippen LogP contribution >= 0.6 is 0 Å². The summed E-state index contributed by atoms with van der Waals surface area (Å²) >= 11 is 0. The molecule has 1 aliphatic rings. The van der Waals surface area contributed by atoms with Crippen molar-refractivity contribution in [3.05, 3.63) is 35.4 Å². The monoisotopic (exact) mass is 358 g/mol. The van der Waals surface area contributed by atoms with Crippen molar-refractivity contribution < 1.29 is 4.79 Å². The van der Waals surface area contributed by atoms with E-state index in [1.807, 2.05) is 4.90 Å². The van der Waals surface area contributed by atoms with Crippen LogP contribution in [0.25, 0.3) is 0 Å². The lowest BCUT2D eigenvalue weighted by Gasteiger charge is -2.20. The molecule has 0 atom stereocenters. The number of aliphatic imine (C=N–C) groups is 1. The van der Waals surface area contributed by atoms with E-state index in [0.717, 1.165) is 57.8 Å². The average molecular weight is 359 g/mol. The van der Waals surface area contributed by atoms with Crippen LogP contribution in [0.3, 0.4) is 0 Å². The number of carbonyl (C=O) groups is 1. The number of nitrogens with zero attached hydrogens (tertiary/aromatic N) is 2. The third-order valence-electron chi connectivity index (χ3n) is 4.82. The van der Waals surface area contributed by atoms with E-state index in [1.165, 1.54) is 17.5 Å². The van der Waals surface area contributed by atoms with Crippen molar-refractivity contribution in [2.24, 2.45) is 4.99 Å². The molecule has 0 bridgehead atoms. The first-order valence-corrected chi connectivity index (χ1v) is 10.1. The fourth-order valence-corrected chi connectivity index (χ4v) is 3.31. The summed E-state index contributed by atoms with van der Waals surface area (Å²) in [5.41, 5.74) is 2.63. The van der Waals surface area contributed by atoms with Crippen molar-refractivity contribution in [1.82, 2.24) is 15.5 Å². The number of nitrogens with one attached hydrogen (secondary N) is 2. The normalized spacial score (nSPS) is 15.7. The maximum Gasteiger partial charge on any atom is 0.222 e. The number of aryl methyl sites for hydroxylation is 1. The molecule has 26 heavy (non-hydrogen) atoms. The highest BCUT2D eigenvalue weighted by molar-refractivity contribution is 5.79. The Morgan fingerprint density at radius 1 is 1.12 bits per heavy atom. The molecule has 1 saturated heterocycles. The summed E-state index contributed by atoms with van der Waals surface area (Å²) in [4.78, 5) is 18.8. The molecular formula is C21H34N4O. The number of hydrogen-bond donors (Lipinski definition) is 2. The van der Waals surface area contributed by atoms with Crippen LogP contribution in [0.1, 0.15) is 57.1 Å². The first-order valence-electron chi connectivity index (χ1n) is 10.1. The van der Waals surface area contributed by atoms with Crippen molar-refractivity contribution >= 4 is 11.9 Å². The van der Waals surface area contributed by atoms with Crippen molar-refractivity contribution in [1.29, 1.82) is 0 Å². The third-order valence-corrected chi connectivity index (χ3v) is 4.82. The van der Waals surface area contributed by atoms with E-state index >= 15 is 0 Å². The Kier molecular flexibility index (Phi) is 9.01. The fourth-order valence-electron chi connectivity index (χ4n) is 3.31. The van der Waals surface area contributed by atoms with Crippen molar-refractivity contribution in [3.63, 3.8) is 0 Å². The van der Waals surface area contributed by atoms with Crippen LogP contribution in [0.4, 0.5) is 0 Å². The van der Waals surface area contributed by atoms with Crippen LogP contribution < -0.4 is 10.6 Å². The van der Waals surface area contributed by atoms with Crippen LogP contribution in [0.15, 0.2) is 29.3 Å². The predicted octanol–water partition coefficient (Wildman–Crippen LogP) is 3.10. The standard InChI is InChI=1S/C21H34N4O/c1-3-18-11-7-8-12-19(18)17-24-21(22-4-2)23-14-10-16-25-15-9-5-6-13-20(25)26/h7-8,11-12H,3-6,9-10,13-17H2,1-2H3,(H2,22,23,24). The van der Waals surface area contributed by atoms with Gasteiger partial charge >= 0.3 is 0 Å². The summed E-state index contributed by atoms with van der Waals surface area (Å²) in [6.45, 7) is 8.36. The zero-order valence-electron chi connectivity index (χ0n) is 16.4. The minimum Gasteiger partial charge on any atom is -0.357 e. The molecule has 0 saturated carbocycles. The van der Waals surface area contributed by atoms with Crippen LogP contribution in [0.2, 0.25) is 0 Å². The lowest BCUT2D eigenvalue weighted by atomic mass is 10.1. The molecule has 2 N–H and O–H groups in total. The first kappa shape index (κ1) is 20.3. The molecule has 2 rings (SSSR count). The Bertz CT molecular complexity index is 585. The molecule has 1 amide bonds. The van der Waals surface area contributed by atoms with Gasteiger partial charge in [-0.3, -0.25) is 4.79 Å². The second-order valence-corrected chi connectivity index (χ2v) is 6.79. The molecule has 5 nitrogen and oxygen atoms in total. The highest BCUT2D eigenvalue weighted by Gasteiger charge is 2.15. The third kappa shape index (κ3) is 6.70. The molecule has 1 aromatic rings. The molecule has 0 unspecified atom stereocenters. The smallest absolute Gasteiger partial charge is 0.222 e. The van der Waals surface area contributed by atoms with Gasteiger partial charge in [-0.1, -0.05) is 37.6 Å². The molecule has 0 spiro atoms. The molecule has 1 aliphatic heterocycles. The van der Waals surface area contributed by atoms with Gasteiger partial charge in [0, 0.05) is 32.6 Å². The molecule has 1 heterocycles. The lowest BCUT2D eigenvalue weighted by molar-refractivity contribution is -0.130. The number of amides is 1. The molecule has 0 aliphatic carbocycles. The van der Waals surface area contributed by atoms with E-state index in [4.69, 9.17) is 4.99 Å². The molecule has 5 heteroatoms. The van der Waals surface area contributed by atoms with Gasteiger partial charge in [-0.05, 0) is 43.7 Å². The maximum absolute atomic E-state index is 12.0. The van der Waals surface area contributed by atoms with E-state index in [2.05, 4.69) is 48.7 Å². The number of rotatable bonds is 8. The second-order valence-electron chi connectivity index (χ2n) is 6.79. The number of benzene rings is 1. The average Bonchev–Trinajstić information content (AvgIpc) is 2.87. The zero-order chi connectivity index (χ0) is 18.6. The molecule has 0 aromatic heterocycles. The molecular weight excluding hydrogens is 324 g/mol. The van der Waals surface area contributed by atoms with Crippen molar-refractivity contribution in [2.75, 3.05) is 26.2 Å². The van der Waals surface area contributed by atoms with Gasteiger partial charge < -0.3 is 15.5 Å². The van der Waals surface area contributed by atoms with E-state index in [0.29, 0.717) is 18.9 Å². The number of carbonyl (C=O) groups excluding carboxylic acids is 1. The zero-order valence-corrected chi connectivity index (χ0v) is 16.4. The number of hydrogen-bond acceptors (Lipinski definition) is 2. The Hall–Kier alpha value is -2.04. The summed E-state index contributed by atoms with van der Waals surface area (Å²) in [5.74, 6) is 1.17. The van der Waals surface area contributed by atoms with E-state index in [-0.39, 0.29) is 0 Å². The van der Waals surface area contributed by atoms with Gasteiger partial charge in [0.05, 0.1) is 6.54 Å². The largest absolute Gasteiger partial charge is 0.357 e. The first-order chi connectivity index (χ1) is 12.7. The molecule has 0 radical (unpaired) electrons. The summed E-state index contributed by atoms with van der Waals surface area (Å²) in [7, 11) is 0. The minimum absolute atomic E-state index is 0.319. The maximum atomic E-state index is 12.0. The topological polar surface area (TPSA) is 56.7 Å². The van der Waals surface area contributed by atoms with Gasteiger partial charge in [0.2, 0.25) is 5.91 Å². The molecule has 1 aromatic carbocycles. The number of likely N-dealkylation sites (tertiary alicyclic amines) is 1. The Morgan fingerprint density at radius 2 is 1.92 bits per heavy atom. The summed E-state index contributed by atoms with van der Waals surface area (Å²) in [5, 5.41) is 6.71. The van der Waals surface area contributed by atoms with Crippen molar-refractivity contribution in [2.45, 2.75) is 58.9 Å².